The topological polar surface area (TPSA) is 83.7 Å². The predicted molar refractivity (Wildman–Crippen MR) is 77.3 cm³/mol. The third kappa shape index (κ3) is 3.37. The smallest absolute Gasteiger partial charge is 0.315 e. The molecule has 1 fully saturated rings. The minimum absolute atomic E-state index is 0.108. The molecule has 1 atom stereocenters. The molecule has 7 heteroatoms. The number of amides is 2. The van der Waals surface area contributed by atoms with Crippen molar-refractivity contribution >= 4 is 6.03 Å². The van der Waals surface area contributed by atoms with Crippen molar-refractivity contribution in [2.45, 2.75) is 19.0 Å². The average Bonchev–Trinajstić information content (AvgIpc) is 2.99. The van der Waals surface area contributed by atoms with Gasteiger partial charge in [-0.1, -0.05) is 6.07 Å². The second-order valence-corrected chi connectivity index (χ2v) is 5.20. The first-order valence-corrected chi connectivity index (χ1v) is 7.14. The molecular formula is C14H20N4O3. The lowest BCUT2D eigenvalue weighted by Gasteiger charge is -2.21. The second kappa shape index (κ2) is 6.19. The largest absolute Gasteiger partial charge is 0.486 e. The molecule has 0 radical (unpaired) electrons. The van der Waals surface area contributed by atoms with Crippen LogP contribution in [0.25, 0.3) is 0 Å². The number of fused-ring (bicyclic) bond motifs is 1. The molecule has 1 saturated heterocycles. The Morgan fingerprint density at radius 3 is 2.71 bits per heavy atom. The Morgan fingerprint density at radius 2 is 1.95 bits per heavy atom. The predicted octanol–water partition coefficient (Wildman–Crippen LogP) is 0.294. The number of hydrogen-bond donors (Lipinski definition) is 4. The number of urea groups is 1. The normalized spacial score (nSPS) is 19.1. The van der Waals surface area contributed by atoms with Crippen molar-refractivity contribution in [3.05, 3.63) is 23.8 Å². The third-order valence-corrected chi connectivity index (χ3v) is 3.57. The summed E-state index contributed by atoms with van der Waals surface area (Å²) in [6, 6.07) is 5.56. The van der Waals surface area contributed by atoms with E-state index in [1.807, 2.05) is 25.1 Å². The Balaban J connectivity index is 1.59. The highest BCUT2D eigenvalue weighted by molar-refractivity contribution is 5.74. The van der Waals surface area contributed by atoms with Gasteiger partial charge in [-0.25, -0.2) is 4.79 Å². The number of nitrogens with one attached hydrogen (secondary N) is 4. The van der Waals surface area contributed by atoms with Crippen LogP contribution in [0, 0.1) is 0 Å². The van der Waals surface area contributed by atoms with Crippen molar-refractivity contribution in [1.29, 1.82) is 0 Å². The molecule has 1 aromatic carbocycles. The Labute approximate surface area is 123 Å². The third-order valence-electron chi connectivity index (χ3n) is 3.57. The van der Waals surface area contributed by atoms with E-state index in [1.54, 1.807) is 0 Å². The summed E-state index contributed by atoms with van der Waals surface area (Å²) in [6.45, 7) is 4.53. The lowest BCUT2D eigenvalue weighted by molar-refractivity contribution is 0.171. The fraction of sp³-hybridized carbons (Fsp3) is 0.500. The molecule has 0 spiro atoms. The van der Waals surface area contributed by atoms with E-state index in [0.29, 0.717) is 13.2 Å². The van der Waals surface area contributed by atoms with Crippen LogP contribution in [-0.2, 0) is 0 Å². The van der Waals surface area contributed by atoms with Gasteiger partial charge in [-0.15, -0.1) is 0 Å². The number of carbonyl (C=O) groups excluding carboxylic acids is 1. The number of benzene rings is 1. The van der Waals surface area contributed by atoms with Crippen LogP contribution in [-0.4, -0.2) is 38.4 Å². The van der Waals surface area contributed by atoms with Crippen LogP contribution in [0.1, 0.15) is 18.5 Å². The molecule has 2 aliphatic rings. The molecule has 0 bridgehead atoms. The highest BCUT2D eigenvalue weighted by Gasteiger charge is 2.19. The molecule has 4 N–H and O–H groups in total. The van der Waals surface area contributed by atoms with Gasteiger partial charge in [0.2, 0.25) is 0 Å². The van der Waals surface area contributed by atoms with Crippen LogP contribution in [0.4, 0.5) is 4.79 Å². The van der Waals surface area contributed by atoms with E-state index < -0.39 is 0 Å². The standard InChI is InChI=1S/C14H20N4O3/c1-9(17-14(19)18-11-7-15-16-8-11)10-2-3-12-13(6-10)21-5-4-20-12/h2-3,6,9,11,15-16H,4-5,7-8H2,1H3,(H2,17,18,19). The Kier molecular flexibility index (Phi) is 4.12. The molecule has 2 aliphatic heterocycles. The van der Waals surface area contributed by atoms with E-state index in [2.05, 4.69) is 21.5 Å². The summed E-state index contributed by atoms with van der Waals surface area (Å²) >= 11 is 0. The van der Waals surface area contributed by atoms with E-state index in [0.717, 1.165) is 30.2 Å². The van der Waals surface area contributed by atoms with E-state index in [9.17, 15) is 4.79 Å². The van der Waals surface area contributed by atoms with Crippen molar-refractivity contribution in [2.75, 3.05) is 26.3 Å². The SMILES string of the molecule is CC(NC(=O)NC1CNNC1)c1ccc2c(c1)OCCO2. The first-order valence-electron chi connectivity index (χ1n) is 7.14. The maximum absolute atomic E-state index is 11.9. The molecule has 1 unspecified atom stereocenters. The van der Waals surface area contributed by atoms with Gasteiger partial charge in [-0.3, -0.25) is 10.9 Å². The van der Waals surface area contributed by atoms with Crippen molar-refractivity contribution in [1.82, 2.24) is 21.5 Å². The minimum atomic E-state index is -0.173. The maximum atomic E-state index is 11.9. The lowest BCUT2D eigenvalue weighted by Crippen LogP contribution is -2.45. The van der Waals surface area contributed by atoms with Gasteiger partial charge in [0.15, 0.2) is 11.5 Å². The zero-order valence-corrected chi connectivity index (χ0v) is 11.9. The van der Waals surface area contributed by atoms with E-state index in [1.165, 1.54) is 0 Å². The van der Waals surface area contributed by atoms with E-state index in [4.69, 9.17) is 9.47 Å². The van der Waals surface area contributed by atoms with Crippen LogP contribution in [0.2, 0.25) is 0 Å². The van der Waals surface area contributed by atoms with Gasteiger partial charge < -0.3 is 20.1 Å². The summed E-state index contributed by atoms with van der Waals surface area (Å²) in [4.78, 5) is 11.9. The second-order valence-electron chi connectivity index (χ2n) is 5.20. The highest BCUT2D eigenvalue weighted by Crippen LogP contribution is 2.32. The van der Waals surface area contributed by atoms with E-state index in [-0.39, 0.29) is 18.1 Å². The quantitative estimate of drug-likeness (QED) is 0.644. The molecule has 21 heavy (non-hydrogen) atoms. The van der Waals surface area contributed by atoms with Gasteiger partial charge in [-0.2, -0.15) is 0 Å². The summed E-state index contributed by atoms with van der Waals surface area (Å²) in [6.07, 6.45) is 0. The van der Waals surface area contributed by atoms with Crippen LogP contribution in [0.3, 0.4) is 0 Å². The number of ether oxygens (including phenoxy) is 2. The van der Waals surface area contributed by atoms with Crippen LogP contribution in [0.15, 0.2) is 18.2 Å². The first-order chi connectivity index (χ1) is 10.2. The highest BCUT2D eigenvalue weighted by atomic mass is 16.6. The Hall–Kier alpha value is -1.99. The summed E-state index contributed by atoms with van der Waals surface area (Å²) in [7, 11) is 0. The fourth-order valence-electron chi connectivity index (χ4n) is 2.40. The fourth-order valence-corrected chi connectivity index (χ4v) is 2.40. The molecule has 1 aromatic rings. The molecule has 0 aromatic heterocycles. The van der Waals surface area contributed by atoms with Crippen LogP contribution in [0.5, 0.6) is 11.5 Å². The monoisotopic (exact) mass is 292 g/mol. The van der Waals surface area contributed by atoms with Crippen LogP contribution < -0.4 is 31.0 Å². The molecular weight excluding hydrogens is 272 g/mol. The van der Waals surface area contributed by atoms with E-state index >= 15 is 0 Å². The number of carbonyl (C=O) groups is 1. The molecule has 0 aliphatic carbocycles. The molecule has 3 rings (SSSR count). The molecule has 2 amide bonds. The molecule has 2 heterocycles. The Bertz CT molecular complexity index is 517. The van der Waals surface area contributed by atoms with Gasteiger partial charge in [0.05, 0.1) is 12.1 Å². The molecule has 114 valence electrons. The van der Waals surface area contributed by atoms with Gasteiger partial charge in [0, 0.05) is 13.1 Å². The molecule has 7 nitrogen and oxygen atoms in total. The van der Waals surface area contributed by atoms with Gasteiger partial charge in [0.1, 0.15) is 13.2 Å². The van der Waals surface area contributed by atoms with Gasteiger partial charge in [0.25, 0.3) is 0 Å². The van der Waals surface area contributed by atoms with Crippen molar-refractivity contribution < 1.29 is 14.3 Å². The number of hydrazine groups is 1. The summed E-state index contributed by atoms with van der Waals surface area (Å²) in [5.74, 6) is 1.49. The zero-order valence-electron chi connectivity index (χ0n) is 11.9. The molecule has 0 saturated carbocycles. The van der Waals surface area contributed by atoms with Gasteiger partial charge >= 0.3 is 6.03 Å². The summed E-state index contributed by atoms with van der Waals surface area (Å²) < 4.78 is 11.0. The van der Waals surface area contributed by atoms with Crippen molar-refractivity contribution in [2.24, 2.45) is 0 Å². The van der Waals surface area contributed by atoms with Crippen LogP contribution >= 0.6 is 0 Å². The number of hydrogen-bond acceptors (Lipinski definition) is 5. The summed E-state index contributed by atoms with van der Waals surface area (Å²) in [5.41, 5.74) is 6.93. The van der Waals surface area contributed by atoms with Crippen molar-refractivity contribution in [3.8, 4) is 11.5 Å². The number of rotatable bonds is 3. The summed E-state index contributed by atoms with van der Waals surface area (Å²) in [5, 5.41) is 5.84. The van der Waals surface area contributed by atoms with Gasteiger partial charge in [-0.05, 0) is 24.6 Å². The maximum Gasteiger partial charge on any atom is 0.315 e. The Morgan fingerprint density at radius 1 is 1.24 bits per heavy atom. The lowest BCUT2D eigenvalue weighted by atomic mass is 10.1. The average molecular weight is 292 g/mol. The minimum Gasteiger partial charge on any atom is -0.486 e. The van der Waals surface area contributed by atoms with Crippen molar-refractivity contribution in [3.63, 3.8) is 0 Å². The first kappa shape index (κ1) is 14.0. The zero-order chi connectivity index (χ0) is 14.7.